The number of carbonyl (C=O) groups excluding carboxylic acids is 2. The van der Waals surface area contributed by atoms with Gasteiger partial charge in [0.15, 0.2) is 0 Å². The number of nitrogens with zero attached hydrogens (tertiary/aromatic N) is 1. The summed E-state index contributed by atoms with van der Waals surface area (Å²) >= 11 is 0. The molecule has 0 saturated carbocycles. The Morgan fingerprint density at radius 1 is 1.32 bits per heavy atom. The van der Waals surface area contributed by atoms with Gasteiger partial charge < -0.3 is 45.3 Å². The summed E-state index contributed by atoms with van der Waals surface area (Å²) in [5.74, 6) is 5.62. The van der Waals surface area contributed by atoms with E-state index in [0.29, 0.717) is 24.4 Å². The Labute approximate surface area is 265 Å². The van der Waals surface area contributed by atoms with E-state index in [0.717, 1.165) is 0 Å². The maximum absolute atomic E-state index is 12.2. The molecule has 14 nitrogen and oxygen atoms in total. The quantitative estimate of drug-likeness (QED) is 0.0306. The van der Waals surface area contributed by atoms with Crippen molar-refractivity contribution in [2.75, 3.05) is 52.7 Å². The Morgan fingerprint density at radius 2 is 2.11 bits per heavy atom. The number of hydrogen-bond donors (Lipinski definition) is 4. The number of aliphatic hydroxyl groups is 1. The number of hydrogen-bond acceptors (Lipinski definition) is 13. The fraction of sp³-hybridized carbons (Fsp3) is 0.630. The third kappa shape index (κ3) is 15.8. The fourth-order valence-electron chi connectivity index (χ4n) is 3.64. The number of nitrogens with one attached hydrogen (secondary N) is 2. The Bertz CT molecular complexity index is 1120. The van der Waals surface area contributed by atoms with Gasteiger partial charge in [0.1, 0.15) is 36.6 Å². The Hall–Kier alpha value is -2.72. The van der Waals surface area contributed by atoms with Gasteiger partial charge >= 0.3 is 0 Å². The van der Waals surface area contributed by atoms with Crippen molar-refractivity contribution in [3.63, 3.8) is 0 Å². The van der Waals surface area contributed by atoms with Crippen molar-refractivity contribution in [1.29, 1.82) is 0 Å². The maximum atomic E-state index is 12.2. The Kier molecular flexibility index (Phi) is 17.3. The van der Waals surface area contributed by atoms with Crippen LogP contribution in [0.3, 0.4) is 0 Å². The summed E-state index contributed by atoms with van der Waals surface area (Å²) in [7, 11) is 3.46. The fourth-order valence-corrected chi connectivity index (χ4v) is 5.83. The first-order valence-corrected chi connectivity index (χ1v) is 16.3. The number of rotatable bonds is 19. The van der Waals surface area contributed by atoms with Gasteiger partial charge in [-0.25, -0.2) is 0 Å². The average Bonchev–Trinajstić information content (AvgIpc) is 3.36. The molecule has 0 radical (unpaired) electrons. The van der Waals surface area contributed by atoms with Gasteiger partial charge in [0.2, 0.25) is 13.2 Å². The smallest absolute Gasteiger partial charge is 0.294 e. The summed E-state index contributed by atoms with van der Waals surface area (Å²) in [4.78, 5) is 39.4. The van der Waals surface area contributed by atoms with E-state index in [1.54, 1.807) is 35.1 Å². The first-order chi connectivity index (χ1) is 21.0. The molecule has 1 aliphatic heterocycles. The molecule has 2 unspecified atom stereocenters. The molecule has 1 aliphatic rings. The SMILES string of the molecule is CC(C)(C)SSC(COc1cccc(C(=O)NCCN)c1)OCCOCC(=O)NCC#CB[C@H]1C[C@@H](O[N+](=O)[O-])C(CO)O1. The Morgan fingerprint density at radius 3 is 2.82 bits per heavy atom. The van der Waals surface area contributed by atoms with Crippen LogP contribution in [-0.2, 0) is 23.8 Å². The van der Waals surface area contributed by atoms with Crippen LogP contribution in [0.15, 0.2) is 24.3 Å². The molecular weight excluding hydrogens is 615 g/mol. The van der Waals surface area contributed by atoms with E-state index in [1.165, 1.54) is 10.8 Å². The second-order valence-electron chi connectivity index (χ2n) is 10.4. The zero-order valence-electron chi connectivity index (χ0n) is 25.2. The van der Waals surface area contributed by atoms with E-state index in [9.17, 15) is 24.8 Å². The Balaban J connectivity index is 1.68. The number of ether oxygens (including phenoxy) is 4. The second-order valence-corrected chi connectivity index (χ2v) is 13.6. The molecule has 0 bridgehead atoms. The molecule has 4 atom stereocenters. The molecule has 1 aromatic rings. The first kappa shape index (κ1) is 37.5. The standard InChI is InChI=1S/C27H41BN4O10S2/c1-27(2,3)44-43-25(18-40-20-7-4-6-19(14-20)26(35)31-11-9-29)39-13-12-38-17-24(34)30-10-5-8-28-23-15-21(42-32(36)37)22(16-33)41-23/h4,6-7,14,21-23,25,28,33H,9-13,15-18,29H2,1-3H3,(H,30,34)(H,31,35)/t21-,22?,23-,25?/m1/s1. The number of benzene rings is 1. The highest BCUT2D eigenvalue weighted by atomic mass is 33.1. The van der Waals surface area contributed by atoms with Crippen LogP contribution in [0, 0.1) is 21.9 Å². The molecule has 0 aliphatic carbocycles. The maximum Gasteiger partial charge on any atom is 0.294 e. The van der Waals surface area contributed by atoms with Gasteiger partial charge in [0.25, 0.3) is 11.0 Å². The lowest BCUT2D eigenvalue weighted by Crippen LogP contribution is -2.29. The monoisotopic (exact) mass is 656 g/mol. The molecule has 244 valence electrons. The number of nitrogens with two attached hydrogens (primary N) is 1. The predicted octanol–water partition coefficient (Wildman–Crippen LogP) is 0.491. The van der Waals surface area contributed by atoms with Crippen molar-refractivity contribution in [3.05, 3.63) is 39.9 Å². The molecule has 1 fully saturated rings. The van der Waals surface area contributed by atoms with Crippen LogP contribution >= 0.6 is 21.6 Å². The molecule has 17 heteroatoms. The van der Waals surface area contributed by atoms with Crippen LogP contribution in [0.25, 0.3) is 0 Å². The second kappa shape index (κ2) is 20.3. The minimum atomic E-state index is -0.900. The lowest BCUT2D eigenvalue weighted by Gasteiger charge is -2.22. The van der Waals surface area contributed by atoms with Gasteiger partial charge in [-0.1, -0.05) is 54.3 Å². The van der Waals surface area contributed by atoms with Crippen molar-refractivity contribution in [2.24, 2.45) is 5.73 Å². The van der Waals surface area contributed by atoms with Gasteiger partial charge in [-0.15, -0.1) is 10.1 Å². The first-order valence-electron chi connectivity index (χ1n) is 14.1. The highest BCUT2D eigenvalue weighted by molar-refractivity contribution is 8.77. The minimum Gasteiger partial charge on any atom is -0.490 e. The zero-order valence-corrected chi connectivity index (χ0v) is 26.8. The van der Waals surface area contributed by atoms with Crippen LogP contribution in [0.2, 0.25) is 0 Å². The lowest BCUT2D eigenvalue weighted by molar-refractivity contribution is -0.769. The topological polar surface area (TPSA) is 194 Å². The molecule has 2 amide bonds. The molecule has 1 heterocycles. The normalized spacial score (nSPS) is 18.4. The van der Waals surface area contributed by atoms with E-state index in [1.807, 2.05) is 0 Å². The molecule has 0 spiro atoms. The average molecular weight is 657 g/mol. The van der Waals surface area contributed by atoms with Crippen LogP contribution in [0.5, 0.6) is 5.75 Å². The molecule has 44 heavy (non-hydrogen) atoms. The minimum absolute atomic E-state index is 0.00914. The third-order valence-corrected chi connectivity index (χ3v) is 9.11. The number of aliphatic hydroxyl groups excluding tert-OH is 1. The van der Waals surface area contributed by atoms with Crippen molar-refractivity contribution in [3.8, 4) is 17.5 Å². The third-order valence-electron chi connectivity index (χ3n) is 5.59. The highest BCUT2D eigenvalue weighted by Gasteiger charge is 2.37. The summed E-state index contributed by atoms with van der Waals surface area (Å²) in [6.07, 6.45) is -1.37. The lowest BCUT2D eigenvalue weighted by atomic mass is 9.71. The van der Waals surface area contributed by atoms with Gasteiger partial charge in [0, 0.05) is 29.4 Å². The summed E-state index contributed by atoms with van der Waals surface area (Å²) in [6, 6.07) is 6.46. The largest absolute Gasteiger partial charge is 0.490 e. The summed E-state index contributed by atoms with van der Waals surface area (Å²) in [6.45, 7) is 7.21. The van der Waals surface area contributed by atoms with Crippen LogP contribution < -0.4 is 21.1 Å². The van der Waals surface area contributed by atoms with Crippen molar-refractivity contribution in [2.45, 2.75) is 55.6 Å². The summed E-state index contributed by atoms with van der Waals surface area (Å²) in [5, 5.41) is 24.3. The van der Waals surface area contributed by atoms with Crippen LogP contribution in [0.1, 0.15) is 37.6 Å². The van der Waals surface area contributed by atoms with Crippen molar-refractivity contribution >= 4 is 40.7 Å². The van der Waals surface area contributed by atoms with Gasteiger partial charge in [0.05, 0.1) is 26.4 Å². The zero-order chi connectivity index (χ0) is 32.4. The number of carbonyl (C=O) groups is 2. The van der Waals surface area contributed by atoms with Crippen LogP contribution in [-0.4, -0.2) is 110 Å². The van der Waals surface area contributed by atoms with E-state index in [4.69, 9.17) is 24.7 Å². The van der Waals surface area contributed by atoms with Gasteiger partial charge in [-0.2, -0.15) is 5.82 Å². The summed E-state index contributed by atoms with van der Waals surface area (Å²) in [5.41, 5.74) is 5.59. The van der Waals surface area contributed by atoms with Gasteiger partial charge in [-0.3, -0.25) is 9.59 Å². The van der Waals surface area contributed by atoms with Gasteiger partial charge in [-0.05, 0) is 24.6 Å². The van der Waals surface area contributed by atoms with E-state index in [2.05, 4.69) is 48.0 Å². The van der Waals surface area contributed by atoms with Crippen molar-refractivity contribution < 1.29 is 43.6 Å². The predicted molar refractivity (Wildman–Crippen MR) is 169 cm³/mol. The molecular formula is C27H41BN4O10S2. The molecule has 1 aromatic carbocycles. The highest BCUT2D eigenvalue weighted by Crippen LogP contribution is 2.38. The van der Waals surface area contributed by atoms with Crippen molar-refractivity contribution in [1.82, 2.24) is 10.6 Å². The molecule has 0 aromatic heterocycles. The molecule has 5 N–H and O–H groups in total. The number of amides is 2. The van der Waals surface area contributed by atoms with E-state index < -0.39 is 29.9 Å². The van der Waals surface area contributed by atoms with E-state index in [-0.39, 0.29) is 68.7 Å². The van der Waals surface area contributed by atoms with Crippen LogP contribution in [0.4, 0.5) is 0 Å². The molecule has 2 rings (SSSR count). The van der Waals surface area contributed by atoms with E-state index >= 15 is 0 Å². The molecule has 1 saturated heterocycles. The summed E-state index contributed by atoms with van der Waals surface area (Å²) < 4.78 is 22.8.